The summed E-state index contributed by atoms with van der Waals surface area (Å²) in [7, 11) is 0. The van der Waals surface area contributed by atoms with Gasteiger partial charge in [-0.25, -0.2) is 0 Å². The van der Waals surface area contributed by atoms with Gasteiger partial charge < -0.3 is 10.3 Å². The lowest BCUT2D eigenvalue weighted by Crippen LogP contribution is -2.13. The zero-order valence-electron chi connectivity index (χ0n) is 13.4. The molecule has 0 spiro atoms. The van der Waals surface area contributed by atoms with Gasteiger partial charge in [-0.2, -0.15) is 10.4 Å². The molecule has 1 aromatic carbocycles. The van der Waals surface area contributed by atoms with Gasteiger partial charge in [0.1, 0.15) is 5.39 Å². The van der Waals surface area contributed by atoms with E-state index in [0.717, 1.165) is 24.0 Å². The lowest BCUT2D eigenvalue weighted by Gasteiger charge is -2.14. The van der Waals surface area contributed by atoms with Crippen LogP contribution in [0.3, 0.4) is 0 Å². The summed E-state index contributed by atoms with van der Waals surface area (Å²) in [6, 6.07) is 11.3. The number of anilines is 2. The van der Waals surface area contributed by atoms with Gasteiger partial charge in [0.15, 0.2) is 5.82 Å². The average Bonchev–Trinajstić information content (AvgIpc) is 3.38. The fourth-order valence-corrected chi connectivity index (χ4v) is 3.26. The highest BCUT2D eigenvalue weighted by molar-refractivity contribution is 6.30. The van der Waals surface area contributed by atoms with Crippen molar-refractivity contribution in [1.82, 2.24) is 14.8 Å². The minimum Gasteiger partial charge on any atom is -0.338 e. The smallest absolute Gasteiger partial charge is 0.261 e. The number of aromatic amines is 1. The first-order valence-corrected chi connectivity index (χ1v) is 8.54. The van der Waals surface area contributed by atoms with Crippen LogP contribution in [0, 0.1) is 17.2 Å². The number of nitrogens with one attached hydrogen (secondary N) is 2. The summed E-state index contributed by atoms with van der Waals surface area (Å²) in [6.07, 6.45) is 4.19. The van der Waals surface area contributed by atoms with Crippen LogP contribution in [-0.4, -0.2) is 14.8 Å². The molecule has 25 heavy (non-hydrogen) atoms. The van der Waals surface area contributed by atoms with Crippen molar-refractivity contribution >= 4 is 34.0 Å². The molecule has 6 nitrogen and oxygen atoms in total. The molecule has 4 rings (SSSR count). The Morgan fingerprint density at radius 2 is 2.12 bits per heavy atom. The molecule has 7 heteroatoms. The Balaban J connectivity index is 1.82. The largest absolute Gasteiger partial charge is 0.338 e. The van der Waals surface area contributed by atoms with Crippen LogP contribution in [0.4, 0.5) is 11.5 Å². The lowest BCUT2D eigenvalue weighted by molar-refractivity contribution is 0.426. The molecule has 0 unspecified atom stereocenters. The second-order valence-electron chi connectivity index (χ2n) is 6.26. The minimum absolute atomic E-state index is 0.00457. The summed E-state index contributed by atoms with van der Waals surface area (Å²) < 4.78 is 1.84. The van der Waals surface area contributed by atoms with Crippen molar-refractivity contribution in [3.8, 4) is 6.07 Å². The number of aromatic nitrogens is 3. The Kier molecular flexibility index (Phi) is 3.94. The molecular formula is C18H16ClN5O. The Hall–Kier alpha value is -2.78. The van der Waals surface area contributed by atoms with E-state index in [4.69, 9.17) is 11.6 Å². The van der Waals surface area contributed by atoms with Crippen molar-refractivity contribution in [2.24, 2.45) is 5.92 Å². The van der Waals surface area contributed by atoms with E-state index in [-0.39, 0.29) is 11.6 Å². The highest BCUT2D eigenvalue weighted by atomic mass is 35.5. The number of nitriles is 1. The van der Waals surface area contributed by atoms with Crippen LogP contribution in [0.15, 0.2) is 41.3 Å². The highest BCUT2D eigenvalue weighted by Gasteiger charge is 2.34. The number of benzene rings is 1. The van der Waals surface area contributed by atoms with Crippen LogP contribution in [0.2, 0.25) is 5.02 Å². The Labute approximate surface area is 149 Å². The highest BCUT2D eigenvalue weighted by Crippen LogP contribution is 2.42. The second-order valence-corrected chi connectivity index (χ2v) is 6.70. The Morgan fingerprint density at radius 3 is 2.80 bits per heavy atom. The molecule has 2 N–H and O–H groups in total. The van der Waals surface area contributed by atoms with Crippen molar-refractivity contribution in [3.63, 3.8) is 0 Å². The number of hydrogen-bond donors (Lipinski definition) is 2. The molecule has 0 saturated heterocycles. The maximum absolute atomic E-state index is 12.4. The summed E-state index contributed by atoms with van der Waals surface area (Å²) in [4.78, 5) is 15.1. The summed E-state index contributed by atoms with van der Waals surface area (Å²) >= 11 is 5.92. The molecule has 2 aromatic heterocycles. The minimum atomic E-state index is -0.202. The predicted octanol–water partition coefficient (Wildman–Crippen LogP) is 3.99. The zero-order valence-corrected chi connectivity index (χ0v) is 14.1. The van der Waals surface area contributed by atoms with E-state index in [0.29, 0.717) is 28.6 Å². The maximum atomic E-state index is 12.4. The summed E-state index contributed by atoms with van der Waals surface area (Å²) in [6.45, 7) is 0. The van der Waals surface area contributed by atoms with Crippen molar-refractivity contribution in [1.29, 1.82) is 5.26 Å². The molecule has 2 heterocycles. The fourth-order valence-electron chi connectivity index (χ4n) is 3.14. The van der Waals surface area contributed by atoms with E-state index in [9.17, 15) is 10.1 Å². The molecule has 126 valence electrons. The van der Waals surface area contributed by atoms with Gasteiger partial charge >= 0.3 is 0 Å². The fraction of sp³-hybridized carbons (Fsp3) is 0.278. The molecule has 1 aliphatic carbocycles. The van der Waals surface area contributed by atoms with Gasteiger partial charge in [-0.05, 0) is 49.1 Å². The van der Waals surface area contributed by atoms with Crippen molar-refractivity contribution in [2.45, 2.75) is 25.3 Å². The van der Waals surface area contributed by atoms with Crippen LogP contribution in [0.5, 0.6) is 0 Å². The first-order chi connectivity index (χ1) is 12.2. The molecule has 1 saturated carbocycles. The topological polar surface area (TPSA) is 86.5 Å². The van der Waals surface area contributed by atoms with Crippen molar-refractivity contribution < 1.29 is 0 Å². The quantitative estimate of drug-likeness (QED) is 0.726. The number of fused-ring (bicyclic) bond motifs is 1. The summed E-state index contributed by atoms with van der Waals surface area (Å²) in [5.41, 5.74) is 1.33. The molecule has 3 aromatic rings. The zero-order chi connectivity index (χ0) is 17.4. The average molecular weight is 354 g/mol. The van der Waals surface area contributed by atoms with Crippen molar-refractivity contribution in [2.75, 3.05) is 5.32 Å². The third kappa shape index (κ3) is 2.99. The molecule has 0 radical (unpaired) electrons. The van der Waals surface area contributed by atoms with Crippen LogP contribution < -0.4 is 10.9 Å². The second kappa shape index (κ2) is 6.26. The molecule has 0 bridgehead atoms. The first-order valence-electron chi connectivity index (χ1n) is 8.17. The van der Waals surface area contributed by atoms with Crippen LogP contribution in [0.1, 0.15) is 25.3 Å². The summed E-state index contributed by atoms with van der Waals surface area (Å²) in [5, 5.41) is 18.2. The van der Waals surface area contributed by atoms with Crippen LogP contribution in [0.25, 0.3) is 10.9 Å². The Bertz CT molecular complexity index is 1010. The molecular weight excluding hydrogens is 338 g/mol. The van der Waals surface area contributed by atoms with Gasteiger partial charge in [0.05, 0.1) is 24.0 Å². The lowest BCUT2D eigenvalue weighted by atomic mass is 10.1. The van der Waals surface area contributed by atoms with Gasteiger partial charge in [-0.15, -0.1) is 0 Å². The van der Waals surface area contributed by atoms with Gasteiger partial charge in [0.25, 0.3) is 5.56 Å². The first kappa shape index (κ1) is 15.7. The van der Waals surface area contributed by atoms with E-state index >= 15 is 0 Å². The predicted molar refractivity (Wildman–Crippen MR) is 97.1 cm³/mol. The number of pyridine rings is 1. The monoisotopic (exact) mass is 353 g/mol. The van der Waals surface area contributed by atoms with Crippen LogP contribution >= 0.6 is 11.6 Å². The normalized spacial score (nSPS) is 15.0. The molecule has 1 fully saturated rings. The molecule has 1 aliphatic rings. The SMILES string of the molecule is N#CC[C@@H](C1CC1)n1nc(Nc2ccc(Cl)cc2)c2c(=O)[nH]ccc21. The van der Waals surface area contributed by atoms with Crippen molar-refractivity contribution in [3.05, 3.63) is 51.9 Å². The number of hydrogen-bond acceptors (Lipinski definition) is 4. The number of halogens is 1. The van der Waals surface area contributed by atoms with E-state index in [1.807, 2.05) is 22.9 Å². The van der Waals surface area contributed by atoms with Crippen LogP contribution in [-0.2, 0) is 0 Å². The molecule has 1 atom stereocenters. The van der Waals surface area contributed by atoms with Gasteiger partial charge in [-0.1, -0.05) is 11.6 Å². The number of rotatable bonds is 5. The maximum Gasteiger partial charge on any atom is 0.261 e. The van der Waals surface area contributed by atoms with Gasteiger partial charge in [0.2, 0.25) is 0 Å². The third-order valence-corrected chi connectivity index (χ3v) is 4.77. The number of nitrogens with zero attached hydrogens (tertiary/aromatic N) is 3. The Morgan fingerprint density at radius 1 is 1.36 bits per heavy atom. The standard InChI is InChI=1S/C18H16ClN5O/c19-12-3-5-13(6-4-12)22-17-16-15(8-10-21-18(16)25)24(23-17)14(7-9-20)11-1-2-11/h3-6,8,10-11,14H,1-2,7H2,(H,21,25)(H,22,23)/t14-/m0/s1. The number of H-pyrrole nitrogens is 1. The van der Waals surface area contributed by atoms with E-state index < -0.39 is 0 Å². The van der Waals surface area contributed by atoms with Gasteiger partial charge in [-0.3, -0.25) is 9.48 Å². The van der Waals surface area contributed by atoms with E-state index in [2.05, 4.69) is 21.5 Å². The molecule has 0 amide bonds. The summed E-state index contributed by atoms with van der Waals surface area (Å²) in [5.74, 6) is 0.938. The van der Waals surface area contributed by atoms with Gasteiger partial charge in [0, 0.05) is 16.9 Å². The van der Waals surface area contributed by atoms with E-state index in [1.165, 1.54) is 0 Å². The molecule has 0 aliphatic heterocycles. The third-order valence-electron chi connectivity index (χ3n) is 4.52. The van der Waals surface area contributed by atoms with E-state index in [1.54, 1.807) is 18.3 Å².